The highest BCUT2D eigenvalue weighted by molar-refractivity contribution is 5.85. The van der Waals surface area contributed by atoms with Gasteiger partial charge in [0.05, 0.1) is 43.5 Å². The smallest absolute Gasteiger partial charge is 0.331 e. The molecule has 0 bridgehead atoms. The number of aliphatic hydroxyl groups is 2. The summed E-state index contributed by atoms with van der Waals surface area (Å²) in [5, 5.41) is 42.8. The number of hydrogen-bond donors (Lipinski definition) is 4. The van der Waals surface area contributed by atoms with Crippen LogP contribution in [0.4, 0.5) is 0 Å². The Morgan fingerprint density at radius 1 is 0.884 bits per heavy atom. The zero-order valence-electron chi connectivity index (χ0n) is 24.5. The van der Waals surface area contributed by atoms with Crippen LogP contribution in [0.1, 0.15) is 90.4 Å². The van der Waals surface area contributed by atoms with E-state index in [4.69, 9.17) is 24.4 Å². The van der Waals surface area contributed by atoms with Crippen LogP contribution in [0.5, 0.6) is 0 Å². The molecule has 4 fully saturated rings. The first-order chi connectivity index (χ1) is 20.2. The van der Waals surface area contributed by atoms with E-state index in [2.05, 4.69) is 6.92 Å². The molecule has 5 aliphatic rings. The molecule has 1 aliphatic heterocycles. The molecular weight excluding hydrogens is 564 g/mol. The number of fused-ring (bicyclic) bond motifs is 5. The summed E-state index contributed by atoms with van der Waals surface area (Å²) >= 11 is 0. The van der Waals surface area contributed by atoms with Crippen LogP contribution < -0.4 is 0 Å². The molecule has 0 aromatic heterocycles. The fourth-order valence-corrected chi connectivity index (χ4v) is 9.51. The average Bonchev–Trinajstić information content (AvgIpc) is 3.49. The van der Waals surface area contributed by atoms with E-state index in [0.717, 1.165) is 5.57 Å². The third-order valence-corrected chi connectivity index (χ3v) is 11.6. The molecule has 8 atom stereocenters. The quantitative estimate of drug-likeness (QED) is 0.210. The van der Waals surface area contributed by atoms with Crippen molar-refractivity contribution in [3.05, 3.63) is 11.6 Å². The van der Waals surface area contributed by atoms with Gasteiger partial charge in [-0.1, -0.05) is 6.92 Å². The van der Waals surface area contributed by atoms with Gasteiger partial charge < -0.3 is 34.6 Å². The third kappa shape index (κ3) is 5.45. The van der Waals surface area contributed by atoms with Crippen LogP contribution in [0.25, 0.3) is 0 Å². The number of carboxylic acid groups (broad SMARTS) is 2. The molecule has 0 spiro atoms. The van der Waals surface area contributed by atoms with Gasteiger partial charge in [-0.3, -0.25) is 19.2 Å². The van der Waals surface area contributed by atoms with Gasteiger partial charge in [-0.05, 0) is 74.7 Å². The van der Waals surface area contributed by atoms with Gasteiger partial charge in [0.2, 0.25) is 0 Å². The summed E-state index contributed by atoms with van der Waals surface area (Å²) in [4.78, 5) is 58.7. The highest BCUT2D eigenvalue weighted by Gasteiger charge is 2.71. The van der Waals surface area contributed by atoms with E-state index in [1.54, 1.807) is 6.08 Å². The Morgan fingerprint density at radius 2 is 1.56 bits per heavy atom. The Hall–Kier alpha value is -2.99. The van der Waals surface area contributed by atoms with Crippen LogP contribution in [-0.4, -0.2) is 80.8 Å². The van der Waals surface area contributed by atoms with Gasteiger partial charge in [0, 0.05) is 23.3 Å². The van der Waals surface area contributed by atoms with Crippen molar-refractivity contribution < 1.29 is 58.6 Å². The fraction of sp³-hybridized carbons (Fsp3) is 0.774. The van der Waals surface area contributed by atoms with Gasteiger partial charge in [0.1, 0.15) is 12.7 Å². The van der Waals surface area contributed by atoms with Crippen molar-refractivity contribution >= 4 is 29.8 Å². The number of hydrogen-bond acceptors (Lipinski definition) is 10. The van der Waals surface area contributed by atoms with E-state index in [-0.39, 0.29) is 75.5 Å². The minimum Gasteiger partial charge on any atom is -0.481 e. The summed E-state index contributed by atoms with van der Waals surface area (Å²) < 4.78 is 16.5. The molecule has 43 heavy (non-hydrogen) atoms. The van der Waals surface area contributed by atoms with Crippen molar-refractivity contribution in [2.45, 2.75) is 108 Å². The molecule has 0 radical (unpaired) electrons. The molecule has 0 unspecified atom stereocenters. The van der Waals surface area contributed by atoms with Crippen LogP contribution in [-0.2, 0) is 38.2 Å². The van der Waals surface area contributed by atoms with Crippen molar-refractivity contribution in [1.82, 2.24) is 0 Å². The van der Waals surface area contributed by atoms with Crippen LogP contribution in [0.15, 0.2) is 11.6 Å². The molecule has 5 rings (SSSR count). The Balaban J connectivity index is 1.41. The van der Waals surface area contributed by atoms with Crippen molar-refractivity contribution in [2.75, 3.05) is 13.2 Å². The zero-order valence-corrected chi connectivity index (χ0v) is 24.5. The molecular formula is C31H42O12. The highest BCUT2D eigenvalue weighted by Crippen LogP contribution is 2.70. The molecule has 0 saturated heterocycles. The number of cyclic esters (lactones) is 1. The molecule has 12 nitrogen and oxygen atoms in total. The topological polar surface area (TPSA) is 194 Å². The second-order valence-electron chi connectivity index (χ2n) is 13.5. The maximum atomic E-state index is 12.6. The summed E-state index contributed by atoms with van der Waals surface area (Å²) in [6.07, 6.45) is 3.66. The molecule has 238 valence electrons. The second-order valence-corrected chi connectivity index (χ2v) is 13.5. The summed E-state index contributed by atoms with van der Waals surface area (Å²) in [6, 6.07) is 0. The van der Waals surface area contributed by atoms with Crippen molar-refractivity contribution in [1.29, 1.82) is 0 Å². The number of carboxylic acids is 2. The highest BCUT2D eigenvalue weighted by atomic mass is 16.5. The van der Waals surface area contributed by atoms with Gasteiger partial charge >= 0.3 is 29.8 Å². The molecule has 0 aromatic rings. The van der Waals surface area contributed by atoms with Crippen molar-refractivity contribution in [3.63, 3.8) is 0 Å². The first-order valence-electron chi connectivity index (χ1n) is 15.3. The van der Waals surface area contributed by atoms with E-state index < -0.39 is 52.0 Å². The zero-order chi connectivity index (χ0) is 31.2. The minimum absolute atomic E-state index is 0.0172. The van der Waals surface area contributed by atoms with Crippen LogP contribution >= 0.6 is 0 Å². The van der Waals surface area contributed by atoms with Gasteiger partial charge in [-0.15, -0.1) is 0 Å². The van der Waals surface area contributed by atoms with Crippen molar-refractivity contribution in [3.8, 4) is 0 Å². The Morgan fingerprint density at radius 3 is 2.21 bits per heavy atom. The largest absolute Gasteiger partial charge is 0.481 e. The van der Waals surface area contributed by atoms with Crippen LogP contribution in [0, 0.1) is 28.6 Å². The molecule has 12 heteroatoms. The van der Waals surface area contributed by atoms with Crippen LogP contribution in [0.2, 0.25) is 0 Å². The number of aliphatic carboxylic acids is 2. The molecule has 0 amide bonds. The monoisotopic (exact) mass is 606 g/mol. The Labute approximate surface area is 249 Å². The molecule has 0 aromatic carbocycles. The number of carbonyl (C=O) groups excluding carboxylic acids is 3. The van der Waals surface area contributed by atoms with Crippen LogP contribution in [0.3, 0.4) is 0 Å². The van der Waals surface area contributed by atoms with E-state index in [9.17, 15) is 34.2 Å². The first-order valence-corrected chi connectivity index (χ1v) is 15.3. The predicted molar refractivity (Wildman–Crippen MR) is 146 cm³/mol. The SMILES string of the molecule is C[C@@]12CC[C@@H]3[C@H](CC[C@@]4(O)C[C@H](OC(=O)CCC(=O)O)CC[C@]34COC(=O)CCC(=O)O)[C@@]1(O)CC[C@H]2C1=CC(=O)OC1. The van der Waals surface area contributed by atoms with E-state index in [1.807, 2.05) is 0 Å². The number of carbonyl (C=O) groups is 5. The average molecular weight is 607 g/mol. The summed E-state index contributed by atoms with van der Waals surface area (Å²) in [6.45, 7) is 2.16. The fourth-order valence-electron chi connectivity index (χ4n) is 9.51. The standard InChI is InChI=1S/C31H42O12/c1-28-10-7-21-22(31(28,40)13-9-20(28)18-14-27(38)41-16-18)8-12-30(39)15-19(43-26(37)5-3-24(34)35)6-11-29(21,30)17-42-25(36)4-2-23(32)33/h14,19-22,39-40H,2-13,15-17H2,1H3,(H,32,33)(H,34,35)/t19-,20+,21-,22+,28+,29+,30-,31+/m1/s1. The number of esters is 3. The minimum atomic E-state index is -1.40. The first kappa shape index (κ1) is 31.4. The maximum absolute atomic E-state index is 12.6. The lowest BCUT2D eigenvalue weighted by Gasteiger charge is -2.66. The van der Waals surface area contributed by atoms with E-state index in [0.29, 0.717) is 44.9 Å². The second kappa shape index (κ2) is 11.5. The van der Waals surface area contributed by atoms with E-state index >= 15 is 0 Å². The molecule has 4 saturated carbocycles. The van der Waals surface area contributed by atoms with Gasteiger partial charge in [-0.2, -0.15) is 0 Å². The Kier molecular flexibility index (Phi) is 8.41. The lowest BCUT2D eigenvalue weighted by molar-refractivity contribution is -0.272. The van der Waals surface area contributed by atoms with Crippen molar-refractivity contribution in [2.24, 2.45) is 28.6 Å². The molecule has 4 N–H and O–H groups in total. The predicted octanol–water partition coefficient (Wildman–Crippen LogP) is 2.52. The lowest BCUT2D eigenvalue weighted by Crippen LogP contribution is -2.69. The number of rotatable bonds is 10. The number of ether oxygens (including phenoxy) is 3. The molecule has 4 aliphatic carbocycles. The summed E-state index contributed by atoms with van der Waals surface area (Å²) in [5.41, 5.74) is -3.05. The van der Waals surface area contributed by atoms with Gasteiger partial charge in [0.15, 0.2) is 0 Å². The maximum Gasteiger partial charge on any atom is 0.331 e. The lowest BCUT2D eigenvalue weighted by atomic mass is 9.41. The van der Waals surface area contributed by atoms with Gasteiger partial charge in [0.25, 0.3) is 0 Å². The molecule has 1 heterocycles. The Bertz CT molecular complexity index is 1210. The summed E-state index contributed by atoms with van der Waals surface area (Å²) in [7, 11) is 0. The van der Waals surface area contributed by atoms with E-state index in [1.165, 1.54) is 0 Å². The van der Waals surface area contributed by atoms with Gasteiger partial charge in [-0.25, -0.2) is 4.79 Å². The third-order valence-electron chi connectivity index (χ3n) is 11.6. The summed E-state index contributed by atoms with van der Waals surface area (Å²) in [5.74, 6) is -4.39. The normalized spacial score (nSPS) is 39.9.